The molecule has 0 fully saturated rings. The van der Waals surface area contributed by atoms with E-state index in [1.165, 1.54) is 4.42 Å². The van der Waals surface area contributed by atoms with Gasteiger partial charge in [-0.15, -0.1) is 0 Å². The number of rotatable bonds is 1. The molecular formula is C4H10ClN3. The van der Waals surface area contributed by atoms with Gasteiger partial charge in [0.1, 0.15) is 0 Å². The van der Waals surface area contributed by atoms with E-state index >= 15 is 0 Å². The Labute approximate surface area is 54.0 Å². The molecule has 0 aliphatic carbocycles. The quantitative estimate of drug-likeness (QED) is 0.317. The molecule has 0 spiro atoms. The fourth-order valence-electron chi connectivity index (χ4n) is 0.278. The van der Waals surface area contributed by atoms with Gasteiger partial charge in [-0.3, -0.25) is 9.83 Å². The number of nitrogens with two attached hydrogens (primary N) is 1. The molecule has 0 radical (unpaired) electrons. The first-order chi connectivity index (χ1) is 3.55. The molecule has 0 rings (SSSR count). The van der Waals surface area contributed by atoms with Crippen LogP contribution in [0.15, 0.2) is 0 Å². The zero-order valence-electron chi connectivity index (χ0n) is 4.98. The standard InChI is InChI=1S/C4H10ClN3/c1-3(2)8(5)4(6)7/h3H,1-2H3,(H3,6,7). The van der Waals surface area contributed by atoms with E-state index in [0.29, 0.717) is 0 Å². The minimum absolute atomic E-state index is 0.0918. The molecule has 0 aliphatic rings. The lowest BCUT2D eigenvalue weighted by Gasteiger charge is -2.16. The number of guanidine groups is 1. The molecule has 0 aromatic rings. The van der Waals surface area contributed by atoms with Gasteiger partial charge in [-0.1, -0.05) is 0 Å². The third kappa shape index (κ3) is 2.02. The molecule has 0 aliphatic heterocycles. The van der Waals surface area contributed by atoms with E-state index in [9.17, 15) is 0 Å². The van der Waals surface area contributed by atoms with Crippen LogP contribution in [-0.2, 0) is 0 Å². The largest absolute Gasteiger partial charge is 0.369 e. The van der Waals surface area contributed by atoms with E-state index < -0.39 is 0 Å². The van der Waals surface area contributed by atoms with Gasteiger partial charge in [0.15, 0.2) is 0 Å². The molecule has 4 heteroatoms. The average Bonchev–Trinajstić information content (AvgIpc) is 1.64. The molecule has 3 nitrogen and oxygen atoms in total. The summed E-state index contributed by atoms with van der Waals surface area (Å²) < 4.78 is 1.17. The molecule has 0 unspecified atom stereocenters. The second-order valence-electron chi connectivity index (χ2n) is 1.79. The molecule has 48 valence electrons. The van der Waals surface area contributed by atoms with Crippen molar-refractivity contribution in [2.45, 2.75) is 19.9 Å². The Morgan fingerprint density at radius 2 is 2.12 bits per heavy atom. The summed E-state index contributed by atoms with van der Waals surface area (Å²) in [5.74, 6) is -0.110. The molecule has 3 N–H and O–H groups in total. The van der Waals surface area contributed by atoms with Crippen molar-refractivity contribution in [2.24, 2.45) is 5.73 Å². The summed E-state index contributed by atoms with van der Waals surface area (Å²) in [5, 5.41) is 6.80. The SMILES string of the molecule is CC(C)N(Cl)C(=N)N. The Balaban J connectivity index is 3.64. The molecule has 0 saturated carbocycles. The molecule has 0 heterocycles. The van der Waals surface area contributed by atoms with Gasteiger partial charge in [0, 0.05) is 17.8 Å². The average molecular weight is 136 g/mol. The number of hydrogen-bond donors (Lipinski definition) is 2. The van der Waals surface area contributed by atoms with Gasteiger partial charge in [-0.25, -0.2) is 0 Å². The third-order valence-corrected chi connectivity index (χ3v) is 1.26. The fourth-order valence-corrected chi connectivity index (χ4v) is 0.278. The van der Waals surface area contributed by atoms with E-state index in [1.54, 1.807) is 0 Å². The third-order valence-electron chi connectivity index (χ3n) is 0.684. The minimum atomic E-state index is -0.110. The molecule has 0 atom stereocenters. The molecule has 0 saturated heterocycles. The van der Waals surface area contributed by atoms with Gasteiger partial charge in [0.05, 0.1) is 0 Å². The molecular weight excluding hydrogens is 126 g/mol. The first-order valence-electron chi connectivity index (χ1n) is 2.34. The van der Waals surface area contributed by atoms with Gasteiger partial charge in [0.25, 0.3) is 0 Å². The first kappa shape index (κ1) is 7.56. The second kappa shape index (κ2) is 2.77. The zero-order chi connectivity index (χ0) is 6.73. The van der Waals surface area contributed by atoms with Crippen LogP contribution in [0, 0.1) is 5.41 Å². The van der Waals surface area contributed by atoms with E-state index in [-0.39, 0.29) is 12.0 Å². The maximum absolute atomic E-state index is 6.80. The van der Waals surface area contributed by atoms with Gasteiger partial charge in [0.2, 0.25) is 5.96 Å². The maximum Gasteiger partial charge on any atom is 0.203 e. The van der Waals surface area contributed by atoms with Crippen LogP contribution in [0.3, 0.4) is 0 Å². The number of halogens is 1. The summed E-state index contributed by atoms with van der Waals surface area (Å²) in [5.41, 5.74) is 5.01. The zero-order valence-corrected chi connectivity index (χ0v) is 5.74. The van der Waals surface area contributed by atoms with Crippen molar-refractivity contribution >= 4 is 17.7 Å². The lowest BCUT2D eigenvalue weighted by atomic mass is 10.4. The van der Waals surface area contributed by atoms with Gasteiger partial charge >= 0.3 is 0 Å². The highest BCUT2D eigenvalue weighted by molar-refractivity contribution is 6.21. The molecule has 8 heavy (non-hydrogen) atoms. The predicted octanol–water partition coefficient (Wildman–Crippen LogP) is 0.744. The predicted molar refractivity (Wildman–Crippen MR) is 34.7 cm³/mol. The molecule has 0 aromatic carbocycles. The Morgan fingerprint density at radius 3 is 2.12 bits per heavy atom. The van der Waals surface area contributed by atoms with Crippen LogP contribution in [-0.4, -0.2) is 16.4 Å². The summed E-state index contributed by atoms with van der Waals surface area (Å²) in [7, 11) is 0. The van der Waals surface area contributed by atoms with Crippen LogP contribution >= 0.6 is 11.8 Å². The Kier molecular flexibility index (Phi) is 2.62. The van der Waals surface area contributed by atoms with Gasteiger partial charge in [-0.05, 0) is 13.8 Å². The summed E-state index contributed by atoms with van der Waals surface area (Å²) >= 11 is 5.43. The summed E-state index contributed by atoms with van der Waals surface area (Å²) in [4.78, 5) is 0. The van der Waals surface area contributed by atoms with Crippen molar-refractivity contribution in [3.05, 3.63) is 0 Å². The second-order valence-corrected chi connectivity index (χ2v) is 2.15. The highest BCUT2D eigenvalue weighted by Gasteiger charge is 2.04. The first-order valence-corrected chi connectivity index (χ1v) is 2.68. The fraction of sp³-hybridized carbons (Fsp3) is 0.750. The van der Waals surface area contributed by atoms with Crippen LogP contribution < -0.4 is 5.73 Å². The van der Waals surface area contributed by atoms with Crippen molar-refractivity contribution in [1.29, 1.82) is 5.41 Å². The van der Waals surface area contributed by atoms with Crippen molar-refractivity contribution in [2.75, 3.05) is 0 Å². The van der Waals surface area contributed by atoms with E-state index in [0.717, 1.165) is 0 Å². The van der Waals surface area contributed by atoms with Gasteiger partial charge in [-0.2, -0.15) is 0 Å². The van der Waals surface area contributed by atoms with Crippen LogP contribution in [0.1, 0.15) is 13.8 Å². The van der Waals surface area contributed by atoms with E-state index in [2.05, 4.69) is 0 Å². The Morgan fingerprint density at radius 1 is 1.75 bits per heavy atom. The van der Waals surface area contributed by atoms with E-state index in [4.69, 9.17) is 22.9 Å². The summed E-state index contributed by atoms with van der Waals surface area (Å²) in [6, 6.07) is 0.0918. The van der Waals surface area contributed by atoms with Crippen LogP contribution in [0.4, 0.5) is 0 Å². The smallest absolute Gasteiger partial charge is 0.203 e. The van der Waals surface area contributed by atoms with Crippen LogP contribution in [0.5, 0.6) is 0 Å². The highest BCUT2D eigenvalue weighted by Crippen LogP contribution is 1.98. The van der Waals surface area contributed by atoms with Crippen molar-refractivity contribution in [3.63, 3.8) is 0 Å². The normalized spacial score (nSPS) is 9.50. The monoisotopic (exact) mass is 135 g/mol. The number of nitrogens with zero attached hydrogens (tertiary/aromatic N) is 1. The van der Waals surface area contributed by atoms with Crippen molar-refractivity contribution in [1.82, 2.24) is 4.42 Å². The van der Waals surface area contributed by atoms with E-state index in [1.807, 2.05) is 13.8 Å². The van der Waals surface area contributed by atoms with Crippen LogP contribution in [0.2, 0.25) is 0 Å². The Hall–Kier alpha value is -0.440. The lowest BCUT2D eigenvalue weighted by Crippen LogP contribution is -2.33. The summed E-state index contributed by atoms with van der Waals surface area (Å²) in [6.45, 7) is 3.71. The molecule has 0 aromatic heterocycles. The molecule has 0 bridgehead atoms. The highest BCUT2D eigenvalue weighted by atomic mass is 35.5. The number of hydrogen-bond acceptors (Lipinski definition) is 1. The lowest BCUT2D eigenvalue weighted by molar-refractivity contribution is 0.528. The van der Waals surface area contributed by atoms with Crippen LogP contribution in [0.25, 0.3) is 0 Å². The maximum atomic E-state index is 6.80. The van der Waals surface area contributed by atoms with Crippen molar-refractivity contribution < 1.29 is 0 Å². The summed E-state index contributed by atoms with van der Waals surface area (Å²) in [6.07, 6.45) is 0. The minimum Gasteiger partial charge on any atom is -0.369 e. The van der Waals surface area contributed by atoms with Gasteiger partial charge < -0.3 is 5.73 Å². The molecule has 0 amide bonds. The Bertz CT molecular complexity index is 91.3. The number of nitrogens with one attached hydrogen (secondary N) is 1. The topological polar surface area (TPSA) is 53.1 Å². The van der Waals surface area contributed by atoms with Crippen molar-refractivity contribution in [3.8, 4) is 0 Å².